The normalized spacial score (nSPS) is 22.8. The van der Waals surface area contributed by atoms with Crippen LogP contribution in [0.25, 0.3) is 0 Å². The summed E-state index contributed by atoms with van der Waals surface area (Å²) in [6.07, 6.45) is 2.58. The van der Waals surface area contributed by atoms with Crippen molar-refractivity contribution in [2.24, 2.45) is 5.92 Å². The molecule has 3 atom stereocenters. The number of carbonyl (C=O) groups is 3. The average molecular weight is 517 g/mol. The lowest BCUT2D eigenvalue weighted by Crippen LogP contribution is -2.38. The van der Waals surface area contributed by atoms with E-state index < -0.39 is 29.9 Å². The van der Waals surface area contributed by atoms with Crippen molar-refractivity contribution in [1.29, 1.82) is 0 Å². The Hall–Kier alpha value is -3.49. The van der Waals surface area contributed by atoms with Crippen LogP contribution < -0.4 is 9.96 Å². The number of aryl methyl sites for hydroxylation is 2. The van der Waals surface area contributed by atoms with Gasteiger partial charge in [-0.3, -0.25) is 14.4 Å². The first-order valence-electron chi connectivity index (χ1n) is 12.8. The maximum absolute atomic E-state index is 14.1. The van der Waals surface area contributed by atoms with Crippen LogP contribution in [0.3, 0.4) is 0 Å². The summed E-state index contributed by atoms with van der Waals surface area (Å²) in [6, 6.07) is 17.0. The molecule has 3 aromatic rings. The molecular formula is C29H28N2O5S. The molecule has 2 fully saturated rings. The average Bonchev–Trinajstić information content (AvgIpc) is 3.55. The summed E-state index contributed by atoms with van der Waals surface area (Å²) < 4.78 is 5.37. The summed E-state index contributed by atoms with van der Waals surface area (Å²) in [6.45, 7) is 3.96. The minimum Gasteiger partial charge on any atom is -0.462 e. The molecule has 3 aliphatic rings. The molecular weight excluding hydrogens is 488 g/mol. The fourth-order valence-electron chi connectivity index (χ4n) is 5.75. The Kier molecular flexibility index (Phi) is 6.09. The first-order valence-corrected chi connectivity index (χ1v) is 13.6. The summed E-state index contributed by atoms with van der Waals surface area (Å²) in [7, 11) is 0. The number of ether oxygens (including phenoxy) is 1. The summed E-state index contributed by atoms with van der Waals surface area (Å²) in [5.74, 6) is -2.00. The zero-order valence-corrected chi connectivity index (χ0v) is 21.6. The van der Waals surface area contributed by atoms with Gasteiger partial charge in [0.1, 0.15) is 10.9 Å². The van der Waals surface area contributed by atoms with Gasteiger partial charge in [0.15, 0.2) is 6.10 Å². The number of hydroxylamine groups is 1. The number of fused-ring (bicyclic) bond motifs is 2. The van der Waals surface area contributed by atoms with Crippen molar-refractivity contribution in [1.82, 2.24) is 0 Å². The van der Waals surface area contributed by atoms with E-state index in [0.29, 0.717) is 10.6 Å². The van der Waals surface area contributed by atoms with Crippen LogP contribution in [-0.2, 0) is 32.0 Å². The zero-order valence-electron chi connectivity index (χ0n) is 20.8. The molecule has 1 aromatic heterocycles. The molecule has 3 heterocycles. The van der Waals surface area contributed by atoms with E-state index in [1.54, 1.807) is 12.0 Å². The smallest absolute Gasteiger partial charge is 0.341 e. The van der Waals surface area contributed by atoms with E-state index in [0.717, 1.165) is 52.9 Å². The van der Waals surface area contributed by atoms with E-state index in [2.05, 4.69) is 0 Å². The van der Waals surface area contributed by atoms with Crippen molar-refractivity contribution < 1.29 is 24.0 Å². The van der Waals surface area contributed by atoms with Crippen molar-refractivity contribution >= 4 is 39.8 Å². The van der Waals surface area contributed by atoms with Gasteiger partial charge < -0.3 is 4.74 Å². The van der Waals surface area contributed by atoms with Gasteiger partial charge in [0.05, 0.1) is 23.9 Å². The molecule has 1 aliphatic carbocycles. The minimum atomic E-state index is -0.980. The van der Waals surface area contributed by atoms with Crippen LogP contribution in [0.5, 0.6) is 0 Å². The van der Waals surface area contributed by atoms with E-state index in [1.165, 1.54) is 16.2 Å². The Morgan fingerprint density at radius 2 is 1.76 bits per heavy atom. The molecule has 190 valence electrons. The van der Waals surface area contributed by atoms with Crippen LogP contribution in [0, 0.1) is 12.8 Å². The molecule has 0 bridgehead atoms. The van der Waals surface area contributed by atoms with Crippen LogP contribution in [0.2, 0.25) is 0 Å². The molecule has 0 radical (unpaired) electrons. The van der Waals surface area contributed by atoms with Crippen molar-refractivity contribution in [3.8, 4) is 0 Å². The predicted octanol–water partition coefficient (Wildman–Crippen LogP) is 5.16. The van der Waals surface area contributed by atoms with Crippen molar-refractivity contribution in [3.05, 3.63) is 81.7 Å². The number of para-hydroxylation sites is 1. The second kappa shape index (κ2) is 9.43. The highest BCUT2D eigenvalue weighted by atomic mass is 32.1. The van der Waals surface area contributed by atoms with Gasteiger partial charge in [0, 0.05) is 4.88 Å². The topological polar surface area (TPSA) is 76.2 Å². The SMILES string of the molecule is CCOC(=O)c1c(N2C(=O)[C@H]3[C@H](ON(c4ccccc4C)[C@@H]3c3ccccc3)C2=O)sc2c1CCCC2. The van der Waals surface area contributed by atoms with Crippen molar-refractivity contribution in [2.75, 3.05) is 16.6 Å². The van der Waals surface area contributed by atoms with E-state index in [1.807, 2.05) is 61.5 Å². The Morgan fingerprint density at radius 3 is 2.51 bits per heavy atom. The van der Waals surface area contributed by atoms with Crippen LogP contribution in [-0.4, -0.2) is 30.5 Å². The third-order valence-electron chi connectivity index (χ3n) is 7.44. The minimum absolute atomic E-state index is 0.223. The van der Waals surface area contributed by atoms with Gasteiger partial charge >= 0.3 is 5.97 Å². The number of hydrogen-bond donors (Lipinski definition) is 0. The van der Waals surface area contributed by atoms with Gasteiger partial charge in [0.2, 0.25) is 5.91 Å². The summed E-state index contributed by atoms with van der Waals surface area (Å²) >= 11 is 1.37. The van der Waals surface area contributed by atoms with Gasteiger partial charge in [-0.1, -0.05) is 48.5 Å². The number of amides is 2. The lowest BCUT2D eigenvalue weighted by molar-refractivity contribution is -0.126. The maximum atomic E-state index is 14.1. The fourth-order valence-corrected chi connectivity index (χ4v) is 7.13. The number of thiophene rings is 1. The molecule has 8 heteroatoms. The Balaban J connectivity index is 1.45. The molecule has 0 N–H and O–H groups in total. The molecule has 0 unspecified atom stereocenters. The Bertz CT molecular complexity index is 1380. The Morgan fingerprint density at radius 1 is 1.03 bits per heavy atom. The number of rotatable bonds is 5. The molecule has 2 aliphatic heterocycles. The monoisotopic (exact) mass is 516 g/mol. The Labute approximate surface area is 219 Å². The maximum Gasteiger partial charge on any atom is 0.341 e. The summed E-state index contributed by atoms with van der Waals surface area (Å²) in [5.41, 5.74) is 3.98. The van der Waals surface area contributed by atoms with Gasteiger partial charge in [-0.05, 0) is 62.3 Å². The number of esters is 1. The van der Waals surface area contributed by atoms with Gasteiger partial charge in [0.25, 0.3) is 5.91 Å². The van der Waals surface area contributed by atoms with Crippen LogP contribution in [0.1, 0.15) is 57.7 Å². The molecule has 37 heavy (non-hydrogen) atoms. The van der Waals surface area contributed by atoms with Crippen molar-refractivity contribution in [3.63, 3.8) is 0 Å². The highest BCUT2D eigenvalue weighted by Gasteiger charge is 2.61. The number of benzene rings is 2. The third-order valence-corrected chi connectivity index (χ3v) is 8.72. The third kappa shape index (κ3) is 3.78. The molecule has 7 nitrogen and oxygen atoms in total. The second-order valence-corrected chi connectivity index (χ2v) is 10.7. The second-order valence-electron chi connectivity index (χ2n) is 9.64. The number of nitrogens with zero attached hydrogens (tertiary/aromatic N) is 2. The van der Waals surface area contributed by atoms with E-state index >= 15 is 0 Å². The molecule has 2 amide bonds. The molecule has 2 aromatic carbocycles. The predicted molar refractivity (Wildman–Crippen MR) is 141 cm³/mol. The largest absolute Gasteiger partial charge is 0.462 e. The number of carbonyl (C=O) groups excluding carboxylic acids is 3. The van der Waals surface area contributed by atoms with Crippen LogP contribution in [0.15, 0.2) is 54.6 Å². The summed E-state index contributed by atoms with van der Waals surface area (Å²) in [4.78, 5) is 49.7. The van der Waals surface area contributed by atoms with E-state index in [9.17, 15) is 14.4 Å². The molecule has 0 spiro atoms. The van der Waals surface area contributed by atoms with E-state index in [-0.39, 0.29) is 12.5 Å². The van der Waals surface area contributed by atoms with Crippen molar-refractivity contribution in [2.45, 2.75) is 51.7 Å². The standard InChI is InChI=1S/C29H28N2O5S/c1-3-35-29(34)22-19-14-8-10-16-21(19)37-28(22)30-26(32)23-24(18-12-5-4-6-13-18)31(36-25(23)27(30)33)20-15-9-7-11-17(20)2/h4-7,9,11-13,15,23-25H,3,8,10,14,16H2,1-2H3/t23-,24-,25+/m1/s1. The number of anilines is 2. The summed E-state index contributed by atoms with van der Waals surface area (Å²) in [5, 5.41) is 2.10. The first kappa shape index (κ1) is 23.9. The number of imide groups is 1. The molecule has 2 saturated heterocycles. The fraction of sp³-hybridized carbons (Fsp3) is 0.345. The quantitative estimate of drug-likeness (QED) is 0.344. The van der Waals surface area contributed by atoms with Gasteiger partial charge in [-0.15, -0.1) is 11.3 Å². The highest BCUT2D eigenvalue weighted by molar-refractivity contribution is 7.17. The first-order chi connectivity index (χ1) is 18.0. The molecule has 6 rings (SSSR count). The van der Waals surface area contributed by atoms with Gasteiger partial charge in [-0.25, -0.2) is 14.8 Å². The lowest BCUT2D eigenvalue weighted by Gasteiger charge is -2.29. The van der Waals surface area contributed by atoms with Crippen LogP contribution >= 0.6 is 11.3 Å². The van der Waals surface area contributed by atoms with Gasteiger partial charge in [-0.2, -0.15) is 0 Å². The van der Waals surface area contributed by atoms with E-state index in [4.69, 9.17) is 9.57 Å². The van der Waals surface area contributed by atoms with Crippen LogP contribution in [0.4, 0.5) is 10.7 Å². The lowest BCUT2D eigenvalue weighted by atomic mass is 9.90. The highest BCUT2D eigenvalue weighted by Crippen LogP contribution is 2.50. The molecule has 0 saturated carbocycles. The number of hydrogen-bond acceptors (Lipinski definition) is 7. The zero-order chi connectivity index (χ0) is 25.7.